The molecule has 0 radical (unpaired) electrons. The van der Waals surface area contributed by atoms with Crippen molar-refractivity contribution in [3.8, 4) is 0 Å². The standard InChI is InChI=1S/C19H17N3O3S2/c1-11(15-9-12-5-3-4-6-14(12)25-15)20-16(23)10-27-19-21-17-13(7-8-26-17)18(24)22(19)2/h3-9,11H,10H2,1-2H3,(H,20,23)/t11-/m0/s1. The van der Waals surface area contributed by atoms with Gasteiger partial charge in [-0.2, -0.15) is 0 Å². The number of para-hydroxylation sites is 1. The van der Waals surface area contributed by atoms with Crippen LogP contribution in [0.2, 0.25) is 0 Å². The molecule has 6 nitrogen and oxygen atoms in total. The summed E-state index contributed by atoms with van der Waals surface area (Å²) >= 11 is 2.66. The summed E-state index contributed by atoms with van der Waals surface area (Å²) in [5, 5.41) is 6.91. The molecule has 138 valence electrons. The molecule has 27 heavy (non-hydrogen) atoms. The molecule has 1 amide bonds. The lowest BCUT2D eigenvalue weighted by Gasteiger charge is -2.11. The minimum Gasteiger partial charge on any atom is -0.459 e. The number of benzene rings is 1. The summed E-state index contributed by atoms with van der Waals surface area (Å²) in [6.45, 7) is 1.88. The maximum Gasteiger partial charge on any atom is 0.262 e. The molecule has 1 N–H and O–H groups in total. The number of carbonyl (C=O) groups is 1. The lowest BCUT2D eigenvalue weighted by molar-refractivity contribution is -0.119. The Morgan fingerprint density at radius 1 is 1.37 bits per heavy atom. The molecule has 4 aromatic rings. The third-order valence-corrected chi connectivity index (χ3v) is 6.08. The van der Waals surface area contributed by atoms with E-state index in [2.05, 4.69) is 10.3 Å². The predicted molar refractivity (Wildman–Crippen MR) is 108 cm³/mol. The highest BCUT2D eigenvalue weighted by molar-refractivity contribution is 7.99. The van der Waals surface area contributed by atoms with Crippen LogP contribution < -0.4 is 10.9 Å². The van der Waals surface area contributed by atoms with Crippen LogP contribution in [0, 0.1) is 0 Å². The van der Waals surface area contributed by atoms with Gasteiger partial charge >= 0.3 is 0 Å². The van der Waals surface area contributed by atoms with Gasteiger partial charge in [-0.3, -0.25) is 14.2 Å². The van der Waals surface area contributed by atoms with Crippen LogP contribution in [0.1, 0.15) is 18.7 Å². The first kappa shape index (κ1) is 17.8. The number of furan rings is 1. The van der Waals surface area contributed by atoms with Crippen molar-refractivity contribution in [1.29, 1.82) is 0 Å². The van der Waals surface area contributed by atoms with Gasteiger partial charge in [0, 0.05) is 12.4 Å². The molecule has 0 saturated carbocycles. The smallest absolute Gasteiger partial charge is 0.262 e. The van der Waals surface area contributed by atoms with Crippen molar-refractivity contribution in [1.82, 2.24) is 14.9 Å². The van der Waals surface area contributed by atoms with Crippen molar-refractivity contribution in [3.63, 3.8) is 0 Å². The lowest BCUT2D eigenvalue weighted by Crippen LogP contribution is -2.28. The van der Waals surface area contributed by atoms with Gasteiger partial charge in [0.05, 0.1) is 17.2 Å². The zero-order valence-corrected chi connectivity index (χ0v) is 16.4. The third kappa shape index (κ3) is 3.50. The minimum atomic E-state index is -0.248. The van der Waals surface area contributed by atoms with Gasteiger partial charge in [0.25, 0.3) is 5.56 Å². The fourth-order valence-electron chi connectivity index (χ4n) is 2.81. The molecule has 0 bridgehead atoms. The number of carbonyl (C=O) groups excluding carboxylic acids is 1. The molecule has 0 aliphatic heterocycles. The van der Waals surface area contributed by atoms with Crippen LogP contribution in [0.15, 0.2) is 56.1 Å². The number of hydrogen-bond acceptors (Lipinski definition) is 6. The number of fused-ring (bicyclic) bond motifs is 2. The Hall–Kier alpha value is -2.58. The van der Waals surface area contributed by atoms with E-state index in [0.29, 0.717) is 21.1 Å². The number of nitrogens with one attached hydrogen (secondary N) is 1. The zero-order chi connectivity index (χ0) is 19.0. The SMILES string of the molecule is C[C@H](NC(=O)CSc1nc2sccc2c(=O)n1C)c1cc2ccccc2o1. The second-order valence-corrected chi connectivity index (χ2v) is 8.00. The van der Waals surface area contributed by atoms with E-state index in [1.807, 2.05) is 42.6 Å². The van der Waals surface area contributed by atoms with Crippen molar-refractivity contribution in [3.05, 3.63) is 57.9 Å². The Kier molecular flexibility index (Phi) is 4.75. The van der Waals surface area contributed by atoms with E-state index in [-0.39, 0.29) is 23.3 Å². The second kappa shape index (κ2) is 7.21. The molecule has 3 aromatic heterocycles. The number of amides is 1. The van der Waals surface area contributed by atoms with Gasteiger partial charge in [0.1, 0.15) is 16.2 Å². The number of hydrogen-bond donors (Lipinski definition) is 1. The first-order chi connectivity index (χ1) is 13.0. The van der Waals surface area contributed by atoms with E-state index in [1.54, 1.807) is 13.1 Å². The molecular formula is C19H17N3O3S2. The van der Waals surface area contributed by atoms with E-state index in [9.17, 15) is 9.59 Å². The lowest BCUT2D eigenvalue weighted by atomic mass is 10.2. The molecule has 0 unspecified atom stereocenters. The first-order valence-corrected chi connectivity index (χ1v) is 10.2. The van der Waals surface area contributed by atoms with Crippen LogP contribution in [0.3, 0.4) is 0 Å². The van der Waals surface area contributed by atoms with Crippen LogP contribution in [0.25, 0.3) is 21.2 Å². The summed E-state index contributed by atoms with van der Waals surface area (Å²) in [6.07, 6.45) is 0. The summed E-state index contributed by atoms with van der Waals surface area (Å²) in [6, 6.07) is 11.2. The van der Waals surface area contributed by atoms with Crippen molar-refractivity contribution < 1.29 is 9.21 Å². The molecule has 1 aromatic carbocycles. The molecule has 0 spiro atoms. The normalized spacial score (nSPS) is 12.5. The van der Waals surface area contributed by atoms with Crippen LogP contribution in [0.5, 0.6) is 0 Å². The molecule has 0 fully saturated rings. The number of thioether (sulfide) groups is 1. The van der Waals surface area contributed by atoms with Crippen molar-refractivity contribution >= 4 is 50.2 Å². The molecule has 0 aliphatic carbocycles. The highest BCUT2D eigenvalue weighted by Gasteiger charge is 2.16. The number of nitrogens with zero attached hydrogens (tertiary/aromatic N) is 2. The van der Waals surface area contributed by atoms with Crippen molar-refractivity contribution in [2.75, 3.05) is 5.75 Å². The summed E-state index contributed by atoms with van der Waals surface area (Å²) in [5.41, 5.74) is 0.700. The van der Waals surface area contributed by atoms with Gasteiger partial charge in [-0.05, 0) is 30.5 Å². The Morgan fingerprint density at radius 2 is 2.19 bits per heavy atom. The molecule has 3 heterocycles. The van der Waals surface area contributed by atoms with Crippen LogP contribution >= 0.6 is 23.1 Å². The highest BCUT2D eigenvalue weighted by atomic mass is 32.2. The van der Waals surface area contributed by atoms with Crippen LogP contribution in [0.4, 0.5) is 0 Å². The zero-order valence-electron chi connectivity index (χ0n) is 14.8. The molecule has 8 heteroatoms. The predicted octanol–water partition coefficient (Wildman–Crippen LogP) is 3.71. The maximum atomic E-state index is 12.3. The van der Waals surface area contributed by atoms with Crippen LogP contribution in [-0.2, 0) is 11.8 Å². The van der Waals surface area contributed by atoms with E-state index in [1.165, 1.54) is 27.7 Å². The van der Waals surface area contributed by atoms with Crippen molar-refractivity contribution in [2.45, 2.75) is 18.1 Å². The number of aromatic nitrogens is 2. The molecule has 0 saturated heterocycles. The van der Waals surface area contributed by atoms with Gasteiger partial charge in [-0.15, -0.1) is 11.3 Å². The van der Waals surface area contributed by atoms with E-state index >= 15 is 0 Å². The molecule has 1 atom stereocenters. The largest absolute Gasteiger partial charge is 0.459 e. The molecule has 4 rings (SSSR count). The van der Waals surface area contributed by atoms with Gasteiger partial charge in [0.15, 0.2) is 5.16 Å². The quantitative estimate of drug-likeness (QED) is 0.409. The number of rotatable bonds is 5. The van der Waals surface area contributed by atoms with E-state index in [4.69, 9.17) is 4.42 Å². The summed E-state index contributed by atoms with van der Waals surface area (Å²) in [7, 11) is 1.67. The minimum absolute atomic E-state index is 0.0974. The highest BCUT2D eigenvalue weighted by Crippen LogP contribution is 2.24. The topological polar surface area (TPSA) is 77.1 Å². The average molecular weight is 399 g/mol. The van der Waals surface area contributed by atoms with E-state index in [0.717, 1.165) is 11.0 Å². The van der Waals surface area contributed by atoms with Crippen molar-refractivity contribution in [2.24, 2.45) is 7.05 Å². The Bertz CT molecular complexity index is 1160. The summed E-state index contributed by atoms with van der Waals surface area (Å²) in [5.74, 6) is 0.732. The summed E-state index contributed by atoms with van der Waals surface area (Å²) < 4.78 is 7.27. The third-order valence-electron chi connectivity index (χ3n) is 4.25. The number of thiophene rings is 1. The monoisotopic (exact) mass is 399 g/mol. The Labute approximate surface area is 163 Å². The fourth-order valence-corrected chi connectivity index (χ4v) is 4.40. The van der Waals surface area contributed by atoms with Gasteiger partial charge in [-0.1, -0.05) is 30.0 Å². The maximum absolute atomic E-state index is 12.3. The van der Waals surface area contributed by atoms with Gasteiger partial charge < -0.3 is 9.73 Å². The fraction of sp³-hybridized carbons (Fsp3) is 0.211. The Morgan fingerprint density at radius 3 is 3.00 bits per heavy atom. The average Bonchev–Trinajstić information content (AvgIpc) is 3.30. The molecular weight excluding hydrogens is 382 g/mol. The Balaban J connectivity index is 1.43. The van der Waals surface area contributed by atoms with E-state index < -0.39 is 0 Å². The second-order valence-electron chi connectivity index (χ2n) is 6.16. The summed E-state index contributed by atoms with van der Waals surface area (Å²) in [4.78, 5) is 29.8. The molecule has 0 aliphatic rings. The van der Waals surface area contributed by atoms with Gasteiger partial charge in [-0.25, -0.2) is 4.98 Å². The first-order valence-electron chi connectivity index (χ1n) is 8.38. The van der Waals surface area contributed by atoms with Crippen LogP contribution in [-0.4, -0.2) is 21.2 Å². The van der Waals surface area contributed by atoms with Gasteiger partial charge in [0.2, 0.25) is 5.91 Å².